The van der Waals surface area contributed by atoms with Gasteiger partial charge < -0.3 is 0 Å². The minimum Gasteiger partial charge on any atom is -0.265 e. The van der Waals surface area contributed by atoms with Gasteiger partial charge in [-0.15, -0.1) is 6.58 Å². The van der Waals surface area contributed by atoms with Crippen molar-refractivity contribution in [2.45, 2.75) is 12.3 Å². The highest BCUT2D eigenvalue weighted by molar-refractivity contribution is 5.25. The first-order valence-corrected chi connectivity index (χ1v) is 3.94. The Balaban J connectivity index is 2.14. The molecule has 1 nitrogen and oxygen atoms in total. The van der Waals surface area contributed by atoms with Crippen LogP contribution in [0.3, 0.4) is 0 Å². The van der Waals surface area contributed by atoms with Gasteiger partial charge in [-0.1, -0.05) is 6.08 Å². The fourth-order valence-electron chi connectivity index (χ4n) is 1.47. The fraction of sp³-hybridized carbons (Fsp3) is 0.300. The lowest BCUT2D eigenvalue weighted by atomic mass is 10.1. The lowest BCUT2D eigenvalue weighted by Crippen LogP contribution is -1.80. The van der Waals surface area contributed by atoms with Gasteiger partial charge in [0.25, 0.3) is 0 Å². The summed E-state index contributed by atoms with van der Waals surface area (Å²) < 4.78 is 0. The molecule has 0 aromatic carbocycles. The van der Waals surface area contributed by atoms with Gasteiger partial charge in [0.15, 0.2) is 0 Å². The van der Waals surface area contributed by atoms with E-state index in [0.29, 0.717) is 0 Å². The zero-order valence-electron chi connectivity index (χ0n) is 6.40. The molecule has 0 spiro atoms. The molecule has 0 unspecified atom stereocenters. The van der Waals surface area contributed by atoms with Crippen LogP contribution < -0.4 is 0 Å². The van der Waals surface area contributed by atoms with Crippen molar-refractivity contribution in [3.05, 3.63) is 42.7 Å². The molecule has 1 heterocycles. The Labute approximate surface area is 66.8 Å². The standard InChI is InChI=1S/C10H11N/c1-2-8-7-10(8)9-3-5-11-6-4-9/h2-6,8,10H,1,7H2/t8-,10-/m1/s1. The van der Waals surface area contributed by atoms with Crippen LogP contribution >= 0.6 is 0 Å². The summed E-state index contributed by atoms with van der Waals surface area (Å²) in [6, 6.07) is 4.18. The lowest BCUT2D eigenvalue weighted by molar-refractivity contribution is 1.01. The Hall–Kier alpha value is -1.11. The third-order valence-corrected chi connectivity index (χ3v) is 2.28. The zero-order chi connectivity index (χ0) is 7.68. The van der Waals surface area contributed by atoms with E-state index in [0.717, 1.165) is 11.8 Å². The molecule has 11 heavy (non-hydrogen) atoms. The Kier molecular flexibility index (Phi) is 1.50. The summed E-state index contributed by atoms with van der Waals surface area (Å²) in [7, 11) is 0. The molecule has 2 rings (SSSR count). The number of allylic oxidation sites excluding steroid dienone is 1. The van der Waals surface area contributed by atoms with Gasteiger partial charge >= 0.3 is 0 Å². The molecule has 0 radical (unpaired) electrons. The number of hydrogen-bond acceptors (Lipinski definition) is 1. The summed E-state index contributed by atoms with van der Waals surface area (Å²) in [4.78, 5) is 3.98. The van der Waals surface area contributed by atoms with E-state index in [2.05, 4.69) is 23.7 Å². The second-order valence-corrected chi connectivity index (χ2v) is 3.02. The zero-order valence-corrected chi connectivity index (χ0v) is 6.40. The van der Waals surface area contributed by atoms with Crippen molar-refractivity contribution in [2.24, 2.45) is 5.92 Å². The molecule has 56 valence electrons. The van der Waals surface area contributed by atoms with Gasteiger partial charge in [0, 0.05) is 12.4 Å². The molecule has 1 aromatic heterocycles. The number of pyridine rings is 1. The fourth-order valence-corrected chi connectivity index (χ4v) is 1.47. The van der Waals surface area contributed by atoms with E-state index in [1.165, 1.54) is 12.0 Å². The van der Waals surface area contributed by atoms with Gasteiger partial charge in [0.05, 0.1) is 0 Å². The van der Waals surface area contributed by atoms with Crippen LogP contribution in [-0.2, 0) is 0 Å². The highest BCUT2D eigenvalue weighted by Gasteiger charge is 2.35. The molecule has 1 aliphatic rings. The van der Waals surface area contributed by atoms with Crippen LogP contribution in [-0.4, -0.2) is 4.98 Å². The predicted molar refractivity (Wildman–Crippen MR) is 45.3 cm³/mol. The number of nitrogens with zero attached hydrogens (tertiary/aromatic N) is 1. The van der Waals surface area contributed by atoms with Gasteiger partial charge in [0.1, 0.15) is 0 Å². The highest BCUT2D eigenvalue weighted by Crippen LogP contribution is 2.47. The summed E-state index contributed by atoms with van der Waals surface area (Å²) in [6.45, 7) is 3.78. The topological polar surface area (TPSA) is 12.9 Å². The summed E-state index contributed by atoms with van der Waals surface area (Å²) in [5, 5.41) is 0. The quantitative estimate of drug-likeness (QED) is 0.582. The largest absolute Gasteiger partial charge is 0.265 e. The number of rotatable bonds is 2. The number of hydrogen-bond donors (Lipinski definition) is 0. The molecule has 0 saturated heterocycles. The van der Waals surface area contributed by atoms with Gasteiger partial charge in [-0.3, -0.25) is 4.98 Å². The molecule has 1 heteroatoms. The van der Waals surface area contributed by atoms with Crippen LogP contribution in [0.4, 0.5) is 0 Å². The second-order valence-electron chi connectivity index (χ2n) is 3.02. The van der Waals surface area contributed by atoms with Crippen LogP contribution in [0.25, 0.3) is 0 Å². The van der Waals surface area contributed by atoms with E-state index in [4.69, 9.17) is 0 Å². The van der Waals surface area contributed by atoms with E-state index in [1.54, 1.807) is 0 Å². The Morgan fingerprint density at radius 2 is 2.18 bits per heavy atom. The minimum atomic E-state index is 0.720. The van der Waals surface area contributed by atoms with E-state index in [-0.39, 0.29) is 0 Å². The normalized spacial score (nSPS) is 28.0. The van der Waals surface area contributed by atoms with Gasteiger partial charge in [0.2, 0.25) is 0 Å². The average molecular weight is 145 g/mol. The summed E-state index contributed by atoms with van der Waals surface area (Å²) in [5.41, 5.74) is 1.41. The molecule has 1 aliphatic carbocycles. The maximum Gasteiger partial charge on any atom is 0.0270 e. The first-order chi connectivity index (χ1) is 5.42. The van der Waals surface area contributed by atoms with Crippen LogP contribution in [0, 0.1) is 5.92 Å². The second kappa shape index (κ2) is 2.50. The smallest absolute Gasteiger partial charge is 0.0270 e. The molecule has 1 saturated carbocycles. The van der Waals surface area contributed by atoms with Gasteiger partial charge in [-0.25, -0.2) is 0 Å². The third-order valence-electron chi connectivity index (χ3n) is 2.28. The summed E-state index contributed by atoms with van der Waals surface area (Å²) in [6.07, 6.45) is 7.03. The summed E-state index contributed by atoms with van der Waals surface area (Å²) >= 11 is 0. The lowest BCUT2D eigenvalue weighted by Gasteiger charge is -1.94. The van der Waals surface area contributed by atoms with Crippen molar-refractivity contribution in [1.29, 1.82) is 0 Å². The maximum atomic E-state index is 3.98. The third kappa shape index (κ3) is 1.18. The van der Waals surface area contributed by atoms with Crippen LogP contribution in [0.1, 0.15) is 17.9 Å². The van der Waals surface area contributed by atoms with E-state index >= 15 is 0 Å². The van der Waals surface area contributed by atoms with Crippen molar-refractivity contribution in [3.8, 4) is 0 Å². The number of aromatic nitrogens is 1. The SMILES string of the molecule is C=C[C@@H]1C[C@H]1c1ccncc1. The Morgan fingerprint density at radius 1 is 1.45 bits per heavy atom. The van der Waals surface area contributed by atoms with E-state index in [9.17, 15) is 0 Å². The van der Waals surface area contributed by atoms with E-state index in [1.807, 2.05) is 18.5 Å². The molecule has 0 aliphatic heterocycles. The Morgan fingerprint density at radius 3 is 2.73 bits per heavy atom. The molecule has 2 atom stereocenters. The van der Waals surface area contributed by atoms with Crippen molar-refractivity contribution in [3.63, 3.8) is 0 Å². The van der Waals surface area contributed by atoms with Crippen molar-refractivity contribution < 1.29 is 0 Å². The van der Waals surface area contributed by atoms with Gasteiger partial charge in [-0.2, -0.15) is 0 Å². The molecule has 0 amide bonds. The molecule has 0 N–H and O–H groups in total. The van der Waals surface area contributed by atoms with Crippen LogP contribution in [0.5, 0.6) is 0 Å². The summed E-state index contributed by atoms with van der Waals surface area (Å²) in [5.74, 6) is 1.45. The van der Waals surface area contributed by atoms with Crippen molar-refractivity contribution in [2.75, 3.05) is 0 Å². The maximum absolute atomic E-state index is 3.98. The first-order valence-electron chi connectivity index (χ1n) is 3.94. The van der Waals surface area contributed by atoms with E-state index < -0.39 is 0 Å². The molecular formula is C10H11N. The average Bonchev–Trinajstić information content (AvgIpc) is 2.85. The van der Waals surface area contributed by atoms with Crippen molar-refractivity contribution >= 4 is 0 Å². The van der Waals surface area contributed by atoms with Crippen molar-refractivity contribution in [1.82, 2.24) is 4.98 Å². The molecule has 1 fully saturated rings. The van der Waals surface area contributed by atoms with Crippen LogP contribution in [0.2, 0.25) is 0 Å². The highest BCUT2D eigenvalue weighted by atomic mass is 14.6. The Bertz CT molecular complexity index is 253. The van der Waals surface area contributed by atoms with Crippen LogP contribution in [0.15, 0.2) is 37.2 Å². The molecule has 0 bridgehead atoms. The molecular weight excluding hydrogens is 134 g/mol. The predicted octanol–water partition coefficient (Wildman–Crippen LogP) is 2.37. The minimum absolute atomic E-state index is 0.720. The monoisotopic (exact) mass is 145 g/mol. The first kappa shape index (κ1) is 6.59. The van der Waals surface area contributed by atoms with Gasteiger partial charge in [-0.05, 0) is 36.0 Å². The molecule has 1 aromatic rings.